The van der Waals surface area contributed by atoms with Crippen molar-refractivity contribution in [1.29, 1.82) is 0 Å². The first-order valence-corrected chi connectivity index (χ1v) is 7.47. The van der Waals surface area contributed by atoms with Crippen LogP contribution in [0.3, 0.4) is 0 Å². The average molecular weight is 322 g/mol. The molecule has 2 N–H and O–H groups in total. The summed E-state index contributed by atoms with van der Waals surface area (Å²) in [5.74, 6) is -0.562. The molecule has 0 saturated carbocycles. The maximum absolute atomic E-state index is 12.1. The zero-order valence-electron chi connectivity index (χ0n) is 13.6. The number of nitrogens with zero attached hydrogens (tertiary/aromatic N) is 3. The van der Waals surface area contributed by atoms with E-state index in [1.54, 1.807) is 20.8 Å². The minimum absolute atomic E-state index is 0.262. The summed E-state index contributed by atoms with van der Waals surface area (Å²) in [5.41, 5.74) is -1.73. The Morgan fingerprint density at radius 2 is 1.96 bits per heavy atom. The average Bonchev–Trinajstić information content (AvgIpc) is 2.47. The van der Waals surface area contributed by atoms with E-state index in [1.807, 2.05) is 0 Å². The molecule has 0 radical (unpaired) electrons. The number of rotatable bonds is 3. The largest absolute Gasteiger partial charge is 0.480 e. The molecule has 2 rings (SSSR count). The second-order valence-electron chi connectivity index (χ2n) is 6.57. The Morgan fingerprint density at radius 1 is 1.30 bits per heavy atom. The molecule has 1 aliphatic heterocycles. The summed E-state index contributed by atoms with van der Waals surface area (Å²) in [6.07, 6.45) is 4.59. The van der Waals surface area contributed by atoms with E-state index in [9.17, 15) is 14.7 Å². The normalized spacial score (nSPS) is 17.4. The monoisotopic (exact) mass is 322 g/mol. The number of nitrogens with one attached hydrogen (secondary N) is 1. The van der Waals surface area contributed by atoms with Crippen LogP contribution in [0, 0.1) is 0 Å². The van der Waals surface area contributed by atoms with E-state index in [1.165, 1.54) is 23.5 Å². The van der Waals surface area contributed by atoms with Gasteiger partial charge in [-0.2, -0.15) is 0 Å². The Hall–Kier alpha value is -2.38. The molecule has 0 unspecified atom stereocenters. The zero-order valence-corrected chi connectivity index (χ0v) is 13.6. The molecule has 0 spiro atoms. The molecule has 0 aliphatic carbocycles. The number of hydrogen-bond donors (Lipinski definition) is 2. The zero-order chi connectivity index (χ0) is 17.1. The van der Waals surface area contributed by atoms with Gasteiger partial charge < -0.3 is 20.1 Å². The van der Waals surface area contributed by atoms with Gasteiger partial charge in [0.15, 0.2) is 0 Å². The summed E-state index contributed by atoms with van der Waals surface area (Å²) >= 11 is 0. The van der Waals surface area contributed by atoms with E-state index in [2.05, 4.69) is 15.3 Å². The van der Waals surface area contributed by atoms with Crippen molar-refractivity contribution in [1.82, 2.24) is 14.9 Å². The standard InChI is InChI=1S/C15H22N4O4/c1-14(2,3)23-13(22)19-8-4-15(5-9-19,12(20)21)18-11-10-16-6-7-17-11/h6-7,10H,4-5,8-9H2,1-3H3,(H,17,18)(H,20,21). The van der Waals surface area contributed by atoms with Crippen LogP contribution in [0.25, 0.3) is 0 Å². The van der Waals surface area contributed by atoms with E-state index in [4.69, 9.17) is 4.74 Å². The molecule has 1 saturated heterocycles. The van der Waals surface area contributed by atoms with Crippen LogP contribution in [0.4, 0.5) is 10.6 Å². The molecular formula is C15H22N4O4. The quantitative estimate of drug-likeness (QED) is 0.873. The molecule has 1 fully saturated rings. The number of anilines is 1. The SMILES string of the molecule is CC(C)(C)OC(=O)N1CCC(Nc2cnccn2)(C(=O)O)CC1. The van der Waals surface area contributed by atoms with Gasteiger partial charge in [0.2, 0.25) is 0 Å². The summed E-state index contributed by atoms with van der Waals surface area (Å²) in [6, 6.07) is 0. The van der Waals surface area contributed by atoms with Gasteiger partial charge in [0.05, 0.1) is 6.20 Å². The molecule has 1 aromatic rings. The van der Waals surface area contributed by atoms with Crippen LogP contribution in [0.5, 0.6) is 0 Å². The Labute approximate surface area is 134 Å². The molecule has 1 aliphatic rings. The third-order valence-corrected chi connectivity index (χ3v) is 3.61. The molecular weight excluding hydrogens is 300 g/mol. The number of carboxylic acids is 1. The topological polar surface area (TPSA) is 105 Å². The number of ether oxygens (including phenoxy) is 1. The van der Waals surface area contributed by atoms with Crippen LogP contribution in [-0.4, -0.2) is 56.3 Å². The number of likely N-dealkylation sites (tertiary alicyclic amines) is 1. The van der Waals surface area contributed by atoms with Crippen molar-refractivity contribution >= 4 is 17.9 Å². The second kappa shape index (κ2) is 6.39. The van der Waals surface area contributed by atoms with Gasteiger partial charge in [-0.3, -0.25) is 4.98 Å². The van der Waals surface area contributed by atoms with Gasteiger partial charge in [-0.25, -0.2) is 14.6 Å². The van der Waals surface area contributed by atoms with Crippen LogP contribution in [0.1, 0.15) is 33.6 Å². The van der Waals surface area contributed by atoms with Crippen LogP contribution < -0.4 is 5.32 Å². The Bertz CT molecular complexity index is 563. The molecule has 126 valence electrons. The van der Waals surface area contributed by atoms with Crippen LogP contribution in [0.15, 0.2) is 18.6 Å². The van der Waals surface area contributed by atoms with Crippen LogP contribution in [0.2, 0.25) is 0 Å². The van der Waals surface area contributed by atoms with Gasteiger partial charge >= 0.3 is 12.1 Å². The second-order valence-corrected chi connectivity index (χ2v) is 6.57. The Balaban J connectivity index is 2.03. The predicted octanol–water partition coefficient (Wildman–Crippen LogP) is 1.74. The maximum atomic E-state index is 12.1. The number of amides is 1. The fourth-order valence-corrected chi connectivity index (χ4v) is 2.40. The first-order chi connectivity index (χ1) is 10.7. The van der Waals surface area contributed by atoms with Crippen molar-refractivity contribution in [2.45, 2.75) is 44.8 Å². The number of carbonyl (C=O) groups excluding carboxylic acids is 1. The lowest BCUT2D eigenvalue weighted by molar-refractivity contribution is -0.144. The number of aromatic nitrogens is 2. The number of carbonyl (C=O) groups is 2. The fraction of sp³-hybridized carbons (Fsp3) is 0.600. The van der Waals surface area contributed by atoms with Gasteiger partial charge in [0, 0.05) is 25.5 Å². The van der Waals surface area contributed by atoms with Crippen molar-refractivity contribution in [3.8, 4) is 0 Å². The highest BCUT2D eigenvalue weighted by molar-refractivity contribution is 5.83. The highest BCUT2D eigenvalue weighted by Crippen LogP contribution is 2.27. The van der Waals surface area contributed by atoms with E-state index in [0.29, 0.717) is 18.9 Å². The summed E-state index contributed by atoms with van der Waals surface area (Å²) < 4.78 is 5.32. The van der Waals surface area contributed by atoms with Gasteiger partial charge in [-0.1, -0.05) is 0 Å². The van der Waals surface area contributed by atoms with Crippen molar-refractivity contribution < 1.29 is 19.4 Å². The van der Waals surface area contributed by atoms with E-state index in [-0.39, 0.29) is 12.8 Å². The Kier molecular flexibility index (Phi) is 4.72. The number of piperidine rings is 1. The summed E-state index contributed by atoms with van der Waals surface area (Å²) in [4.78, 5) is 33.3. The lowest BCUT2D eigenvalue weighted by Gasteiger charge is -2.39. The van der Waals surface area contributed by atoms with E-state index in [0.717, 1.165) is 0 Å². The van der Waals surface area contributed by atoms with E-state index < -0.39 is 23.2 Å². The summed E-state index contributed by atoms with van der Waals surface area (Å²) in [6.45, 7) is 5.99. The minimum Gasteiger partial charge on any atom is -0.480 e. The van der Waals surface area contributed by atoms with E-state index >= 15 is 0 Å². The molecule has 0 atom stereocenters. The van der Waals surface area contributed by atoms with Crippen molar-refractivity contribution in [2.75, 3.05) is 18.4 Å². The van der Waals surface area contributed by atoms with Gasteiger partial charge in [0.1, 0.15) is 17.0 Å². The first kappa shape index (κ1) is 17.0. The molecule has 23 heavy (non-hydrogen) atoms. The molecule has 1 aromatic heterocycles. The predicted molar refractivity (Wildman–Crippen MR) is 83.1 cm³/mol. The van der Waals surface area contributed by atoms with Crippen LogP contribution >= 0.6 is 0 Å². The summed E-state index contributed by atoms with van der Waals surface area (Å²) in [7, 11) is 0. The van der Waals surface area contributed by atoms with Gasteiger partial charge in [-0.15, -0.1) is 0 Å². The lowest BCUT2D eigenvalue weighted by atomic mass is 9.87. The highest BCUT2D eigenvalue weighted by Gasteiger charge is 2.43. The van der Waals surface area contributed by atoms with Crippen molar-refractivity contribution in [3.63, 3.8) is 0 Å². The third-order valence-electron chi connectivity index (χ3n) is 3.61. The van der Waals surface area contributed by atoms with Crippen molar-refractivity contribution in [3.05, 3.63) is 18.6 Å². The molecule has 1 amide bonds. The minimum atomic E-state index is -1.16. The first-order valence-electron chi connectivity index (χ1n) is 7.47. The molecule has 2 heterocycles. The molecule has 0 aromatic carbocycles. The lowest BCUT2D eigenvalue weighted by Crippen LogP contribution is -2.56. The number of carboxylic acid groups (broad SMARTS) is 1. The fourth-order valence-electron chi connectivity index (χ4n) is 2.40. The van der Waals surface area contributed by atoms with Crippen molar-refractivity contribution in [2.24, 2.45) is 0 Å². The number of hydrogen-bond acceptors (Lipinski definition) is 6. The Morgan fingerprint density at radius 3 is 2.43 bits per heavy atom. The van der Waals surface area contributed by atoms with Gasteiger partial charge in [-0.05, 0) is 33.6 Å². The third kappa shape index (κ3) is 4.30. The van der Waals surface area contributed by atoms with Crippen LogP contribution in [-0.2, 0) is 9.53 Å². The smallest absolute Gasteiger partial charge is 0.410 e. The summed E-state index contributed by atoms with van der Waals surface area (Å²) in [5, 5.41) is 12.6. The molecule has 8 nitrogen and oxygen atoms in total. The number of aliphatic carboxylic acids is 1. The molecule has 0 bridgehead atoms. The molecule has 8 heteroatoms. The maximum Gasteiger partial charge on any atom is 0.410 e. The van der Waals surface area contributed by atoms with Gasteiger partial charge in [0.25, 0.3) is 0 Å². The highest BCUT2D eigenvalue weighted by atomic mass is 16.6.